The van der Waals surface area contributed by atoms with E-state index in [1.165, 1.54) is 5.56 Å². The van der Waals surface area contributed by atoms with Crippen molar-refractivity contribution in [3.8, 4) is 0 Å². The number of rotatable bonds is 9. The van der Waals surface area contributed by atoms with Gasteiger partial charge in [-0.2, -0.15) is 0 Å². The molecule has 0 heterocycles. The topological polar surface area (TPSA) is 38.7 Å². The largest absolute Gasteiger partial charge is 0.388 e. The van der Waals surface area contributed by atoms with Crippen LogP contribution in [-0.2, 0) is 15.9 Å². The number of methoxy groups -OCH3 is 1. The van der Waals surface area contributed by atoms with Gasteiger partial charge in [-0.1, -0.05) is 38.1 Å². The fourth-order valence-corrected chi connectivity index (χ4v) is 2.00. The second-order valence-electron chi connectivity index (χ2n) is 5.25. The van der Waals surface area contributed by atoms with Gasteiger partial charge in [0.05, 0.1) is 19.3 Å². The molecule has 1 N–H and O–H groups in total. The molecule has 0 aromatic heterocycles. The van der Waals surface area contributed by atoms with Crippen LogP contribution in [0.4, 0.5) is 0 Å². The second kappa shape index (κ2) is 9.08. The summed E-state index contributed by atoms with van der Waals surface area (Å²) >= 11 is 0. The van der Waals surface area contributed by atoms with Crippen LogP contribution in [0, 0.1) is 5.92 Å². The summed E-state index contributed by atoms with van der Waals surface area (Å²) in [6, 6.07) is 8.21. The van der Waals surface area contributed by atoms with E-state index >= 15 is 0 Å². The predicted molar refractivity (Wildman–Crippen MR) is 77.3 cm³/mol. The van der Waals surface area contributed by atoms with Crippen molar-refractivity contribution < 1.29 is 14.6 Å². The number of hydrogen-bond acceptors (Lipinski definition) is 3. The van der Waals surface area contributed by atoms with Crippen molar-refractivity contribution in [2.75, 3.05) is 26.9 Å². The lowest BCUT2D eigenvalue weighted by Gasteiger charge is -2.13. The summed E-state index contributed by atoms with van der Waals surface area (Å²) in [5.74, 6) is 0.629. The highest BCUT2D eigenvalue weighted by molar-refractivity contribution is 5.25. The van der Waals surface area contributed by atoms with Gasteiger partial charge in [-0.3, -0.25) is 0 Å². The maximum absolute atomic E-state index is 10.1. The number of benzene rings is 1. The van der Waals surface area contributed by atoms with E-state index in [2.05, 4.69) is 26.0 Å². The van der Waals surface area contributed by atoms with Gasteiger partial charge >= 0.3 is 0 Å². The van der Waals surface area contributed by atoms with Crippen LogP contribution in [0.25, 0.3) is 0 Å². The lowest BCUT2D eigenvalue weighted by atomic mass is 9.98. The summed E-state index contributed by atoms with van der Waals surface area (Å²) in [7, 11) is 1.65. The molecule has 108 valence electrons. The SMILES string of the molecule is COCCOCCC(O)c1cccc(CC(C)C)c1. The zero-order valence-corrected chi connectivity index (χ0v) is 12.3. The Bertz CT molecular complexity index is 350. The van der Waals surface area contributed by atoms with E-state index in [1.807, 2.05) is 12.1 Å². The van der Waals surface area contributed by atoms with Gasteiger partial charge in [0.1, 0.15) is 0 Å². The van der Waals surface area contributed by atoms with Crippen molar-refractivity contribution in [2.24, 2.45) is 5.92 Å². The molecule has 3 heteroatoms. The Kier molecular flexibility index (Phi) is 7.72. The van der Waals surface area contributed by atoms with Gasteiger partial charge in [0.15, 0.2) is 0 Å². The first-order valence-electron chi connectivity index (χ1n) is 6.97. The summed E-state index contributed by atoms with van der Waals surface area (Å²) in [6.45, 7) is 6.13. The molecule has 0 spiro atoms. The molecule has 1 unspecified atom stereocenters. The molecule has 0 saturated heterocycles. The molecular formula is C16H26O3. The van der Waals surface area contributed by atoms with Crippen LogP contribution in [0.3, 0.4) is 0 Å². The summed E-state index contributed by atoms with van der Waals surface area (Å²) < 4.78 is 10.3. The Morgan fingerprint density at radius 3 is 2.63 bits per heavy atom. The first-order chi connectivity index (χ1) is 9.13. The number of ether oxygens (including phenoxy) is 2. The normalized spacial score (nSPS) is 12.9. The highest BCUT2D eigenvalue weighted by Gasteiger charge is 2.08. The van der Waals surface area contributed by atoms with Crippen LogP contribution in [0.2, 0.25) is 0 Å². The molecule has 0 radical (unpaired) electrons. The Morgan fingerprint density at radius 1 is 1.16 bits per heavy atom. The van der Waals surface area contributed by atoms with Gasteiger partial charge in [0, 0.05) is 20.1 Å². The minimum Gasteiger partial charge on any atom is -0.388 e. The third-order valence-electron chi connectivity index (χ3n) is 2.95. The summed E-state index contributed by atoms with van der Waals surface area (Å²) in [5.41, 5.74) is 2.26. The smallest absolute Gasteiger partial charge is 0.0812 e. The molecule has 3 nitrogen and oxygen atoms in total. The van der Waals surface area contributed by atoms with Gasteiger partial charge in [-0.25, -0.2) is 0 Å². The Balaban J connectivity index is 2.40. The fourth-order valence-electron chi connectivity index (χ4n) is 2.00. The predicted octanol–water partition coefficient (Wildman–Crippen LogP) is 2.97. The molecule has 0 saturated carbocycles. The van der Waals surface area contributed by atoms with Crippen molar-refractivity contribution >= 4 is 0 Å². The van der Waals surface area contributed by atoms with E-state index in [9.17, 15) is 5.11 Å². The molecule has 0 amide bonds. The molecule has 0 bridgehead atoms. The zero-order valence-electron chi connectivity index (χ0n) is 12.3. The standard InChI is InChI=1S/C16H26O3/c1-13(2)11-14-5-4-6-15(12-14)16(17)7-8-19-10-9-18-3/h4-6,12-13,16-17H,7-11H2,1-3H3. The van der Waals surface area contributed by atoms with Gasteiger partial charge in [0.25, 0.3) is 0 Å². The Hall–Kier alpha value is -0.900. The molecule has 0 fully saturated rings. The molecule has 1 atom stereocenters. The van der Waals surface area contributed by atoms with Crippen molar-refractivity contribution in [2.45, 2.75) is 32.8 Å². The van der Waals surface area contributed by atoms with E-state index < -0.39 is 6.10 Å². The van der Waals surface area contributed by atoms with Crippen LogP contribution < -0.4 is 0 Å². The monoisotopic (exact) mass is 266 g/mol. The van der Waals surface area contributed by atoms with Crippen LogP contribution >= 0.6 is 0 Å². The van der Waals surface area contributed by atoms with Gasteiger partial charge in [-0.05, 0) is 23.5 Å². The first-order valence-corrected chi connectivity index (χ1v) is 6.97. The second-order valence-corrected chi connectivity index (χ2v) is 5.25. The van der Waals surface area contributed by atoms with Crippen molar-refractivity contribution in [3.05, 3.63) is 35.4 Å². The molecular weight excluding hydrogens is 240 g/mol. The Labute approximate surface area is 116 Å². The van der Waals surface area contributed by atoms with Gasteiger partial charge < -0.3 is 14.6 Å². The molecule has 19 heavy (non-hydrogen) atoms. The van der Waals surface area contributed by atoms with E-state index in [0.717, 1.165) is 12.0 Å². The molecule has 1 rings (SSSR count). The average Bonchev–Trinajstić information content (AvgIpc) is 2.38. The van der Waals surface area contributed by atoms with Gasteiger partial charge in [0.2, 0.25) is 0 Å². The third kappa shape index (κ3) is 6.71. The summed E-state index contributed by atoms with van der Waals surface area (Å²) in [4.78, 5) is 0. The van der Waals surface area contributed by atoms with Crippen LogP contribution in [-0.4, -0.2) is 32.0 Å². The highest BCUT2D eigenvalue weighted by Crippen LogP contribution is 2.19. The van der Waals surface area contributed by atoms with E-state index in [0.29, 0.717) is 32.2 Å². The average molecular weight is 266 g/mol. The van der Waals surface area contributed by atoms with Crippen LogP contribution in [0.5, 0.6) is 0 Å². The van der Waals surface area contributed by atoms with Crippen molar-refractivity contribution in [1.29, 1.82) is 0 Å². The van der Waals surface area contributed by atoms with Crippen LogP contribution in [0.15, 0.2) is 24.3 Å². The number of aliphatic hydroxyl groups excluding tert-OH is 1. The van der Waals surface area contributed by atoms with Crippen molar-refractivity contribution in [3.63, 3.8) is 0 Å². The molecule has 1 aromatic rings. The maximum atomic E-state index is 10.1. The van der Waals surface area contributed by atoms with Crippen molar-refractivity contribution in [1.82, 2.24) is 0 Å². The minimum atomic E-state index is -0.449. The highest BCUT2D eigenvalue weighted by atomic mass is 16.5. The number of aliphatic hydroxyl groups is 1. The molecule has 0 aliphatic rings. The first kappa shape index (κ1) is 16.2. The van der Waals surface area contributed by atoms with E-state index in [-0.39, 0.29) is 0 Å². The van der Waals surface area contributed by atoms with E-state index in [4.69, 9.17) is 9.47 Å². The third-order valence-corrected chi connectivity index (χ3v) is 2.95. The molecule has 0 aliphatic heterocycles. The molecule has 0 aliphatic carbocycles. The fraction of sp³-hybridized carbons (Fsp3) is 0.625. The Morgan fingerprint density at radius 2 is 1.95 bits per heavy atom. The zero-order chi connectivity index (χ0) is 14.1. The molecule has 1 aromatic carbocycles. The van der Waals surface area contributed by atoms with E-state index in [1.54, 1.807) is 7.11 Å². The lowest BCUT2D eigenvalue weighted by molar-refractivity contribution is 0.0475. The van der Waals surface area contributed by atoms with Gasteiger partial charge in [-0.15, -0.1) is 0 Å². The van der Waals surface area contributed by atoms with Crippen LogP contribution in [0.1, 0.15) is 37.5 Å². The summed E-state index contributed by atoms with van der Waals surface area (Å²) in [6.07, 6.45) is 1.22. The minimum absolute atomic E-state index is 0.449. The maximum Gasteiger partial charge on any atom is 0.0812 e. The summed E-state index contributed by atoms with van der Waals surface area (Å²) in [5, 5.41) is 10.1. The lowest BCUT2D eigenvalue weighted by Crippen LogP contribution is -2.07. The quantitative estimate of drug-likeness (QED) is 0.698. The number of hydrogen-bond donors (Lipinski definition) is 1.